The Kier molecular flexibility index (Phi) is 8.63. The van der Waals surface area contributed by atoms with Crippen molar-refractivity contribution >= 4 is 0 Å². The predicted octanol–water partition coefficient (Wildman–Crippen LogP) is 11.9. The Hall–Kier alpha value is -8.10. The van der Waals surface area contributed by atoms with Crippen LogP contribution in [0, 0.1) is 0 Å². The minimum absolute atomic E-state index is 0.301. The van der Waals surface area contributed by atoms with Crippen LogP contribution in [0.15, 0.2) is 195 Å². The summed E-state index contributed by atoms with van der Waals surface area (Å²) >= 11 is 0. The lowest BCUT2D eigenvalue weighted by Gasteiger charge is -2.23. The summed E-state index contributed by atoms with van der Waals surface area (Å²) in [7, 11) is 0. The minimum atomic E-state index is -0.301. The number of nitrogens with zero attached hydrogens (tertiary/aromatic N) is 8. The van der Waals surface area contributed by atoms with E-state index in [4.69, 9.17) is 9.97 Å². The van der Waals surface area contributed by atoms with E-state index in [2.05, 4.69) is 140 Å². The van der Waals surface area contributed by atoms with Crippen LogP contribution in [0.1, 0.15) is 25.0 Å². The second-order valence-electron chi connectivity index (χ2n) is 15.8. The van der Waals surface area contributed by atoms with Crippen molar-refractivity contribution in [3.05, 3.63) is 206 Å². The number of imidazole rings is 2. The van der Waals surface area contributed by atoms with Crippen molar-refractivity contribution in [3.63, 3.8) is 0 Å². The first-order chi connectivity index (χ1) is 30.0. The van der Waals surface area contributed by atoms with E-state index in [9.17, 15) is 0 Å². The molecule has 0 aliphatic heterocycles. The van der Waals surface area contributed by atoms with E-state index in [1.807, 2.05) is 85.7 Å². The highest BCUT2D eigenvalue weighted by atomic mass is 15.1. The summed E-state index contributed by atoms with van der Waals surface area (Å²) < 4.78 is 4.50. The van der Waals surface area contributed by atoms with Gasteiger partial charge in [-0.25, -0.2) is 9.97 Å². The van der Waals surface area contributed by atoms with Crippen LogP contribution in [-0.2, 0) is 5.41 Å². The van der Waals surface area contributed by atoms with Crippen molar-refractivity contribution in [3.8, 4) is 90.3 Å². The maximum absolute atomic E-state index is 5.12. The summed E-state index contributed by atoms with van der Waals surface area (Å²) in [5.74, 6) is 1.74. The van der Waals surface area contributed by atoms with Crippen LogP contribution >= 0.6 is 0 Å². The molecule has 0 atom stereocenters. The van der Waals surface area contributed by atoms with Gasteiger partial charge in [0, 0.05) is 87.4 Å². The molecule has 10 aromatic rings. The fourth-order valence-electron chi connectivity index (χ4n) is 8.73. The first kappa shape index (κ1) is 36.0. The summed E-state index contributed by atoms with van der Waals surface area (Å²) in [5, 5.41) is 0. The van der Waals surface area contributed by atoms with Crippen molar-refractivity contribution < 1.29 is 0 Å². The highest BCUT2D eigenvalue weighted by Crippen LogP contribution is 2.51. The number of benzene rings is 4. The van der Waals surface area contributed by atoms with E-state index in [0.717, 1.165) is 79.2 Å². The van der Waals surface area contributed by atoms with Crippen LogP contribution in [-0.4, -0.2) is 39.0 Å². The zero-order valence-corrected chi connectivity index (χ0v) is 33.6. The lowest BCUT2D eigenvalue weighted by molar-refractivity contribution is 0.660. The molecule has 0 fully saturated rings. The maximum atomic E-state index is 5.12. The number of aromatic nitrogens is 8. The molecule has 1 aliphatic rings. The molecule has 0 unspecified atom stereocenters. The molecule has 0 spiro atoms. The fraction of sp³-hybridized carbons (Fsp3) is 0.0566. The lowest BCUT2D eigenvalue weighted by Crippen LogP contribution is -2.15. The van der Waals surface area contributed by atoms with Crippen molar-refractivity contribution in [1.82, 2.24) is 39.0 Å². The number of para-hydroxylation sites is 2. The number of hydrogen-bond acceptors (Lipinski definition) is 6. The molecule has 8 nitrogen and oxygen atoms in total. The number of fused-ring (bicyclic) bond motifs is 3. The summed E-state index contributed by atoms with van der Waals surface area (Å²) in [6, 6.07) is 50.7. The Bertz CT molecular complexity index is 2990. The Morgan fingerprint density at radius 3 is 1.26 bits per heavy atom. The van der Waals surface area contributed by atoms with E-state index in [-0.39, 0.29) is 5.41 Å². The molecule has 290 valence electrons. The van der Waals surface area contributed by atoms with E-state index in [1.165, 1.54) is 22.3 Å². The van der Waals surface area contributed by atoms with Crippen LogP contribution in [0.25, 0.3) is 90.3 Å². The van der Waals surface area contributed by atoms with Gasteiger partial charge in [-0.2, -0.15) is 0 Å². The molecule has 11 rings (SSSR count). The van der Waals surface area contributed by atoms with E-state index < -0.39 is 0 Å². The zero-order valence-electron chi connectivity index (χ0n) is 33.6. The predicted molar refractivity (Wildman–Crippen MR) is 242 cm³/mol. The third kappa shape index (κ3) is 6.24. The average Bonchev–Trinajstić information content (AvgIpc) is 4.04. The van der Waals surface area contributed by atoms with Crippen LogP contribution in [0.2, 0.25) is 0 Å². The molecule has 0 N–H and O–H groups in total. The Morgan fingerprint density at radius 2 is 0.836 bits per heavy atom. The lowest BCUT2D eigenvalue weighted by atomic mass is 9.81. The van der Waals surface area contributed by atoms with E-state index >= 15 is 0 Å². The van der Waals surface area contributed by atoms with Crippen molar-refractivity contribution in [2.24, 2.45) is 0 Å². The maximum Gasteiger partial charge on any atom is 0.144 e. The summed E-state index contributed by atoms with van der Waals surface area (Å²) in [6.07, 6.45) is 14.9. The van der Waals surface area contributed by atoms with Crippen LogP contribution < -0.4 is 0 Å². The molecule has 0 saturated heterocycles. The third-order valence-corrected chi connectivity index (χ3v) is 11.8. The second-order valence-corrected chi connectivity index (χ2v) is 15.8. The first-order valence-corrected chi connectivity index (χ1v) is 20.3. The molecule has 4 aromatic carbocycles. The van der Waals surface area contributed by atoms with Gasteiger partial charge in [0.05, 0.1) is 35.2 Å². The largest absolute Gasteiger partial charge is 0.292 e. The fourth-order valence-corrected chi connectivity index (χ4v) is 8.73. The van der Waals surface area contributed by atoms with Gasteiger partial charge in [0.15, 0.2) is 0 Å². The topological polar surface area (TPSA) is 87.2 Å². The molecular formula is C53H38N8. The summed E-state index contributed by atoms with van der Waals surface area (Å²) in [4.78, 5) is 28.2. The van der Waals surface area contributed by atoms with Gasteiger partial charge in [-0.1, -0.05) is 74.5 Å². The quantitative estimate of drug-likeness (QED) is 0.152. The van der Waals surface area contributed by atoms with Crippen LogP contribution in [0.5, 0.6) is 0 Å². The molecule has 0 amide bonds. The number of hydrogen-bond donors (Lipinski definition) is 0. The van der Waals surface area contributed by atoms with Crippen molar-refractivity contribution in [2.45, 2.75) is 19.3 Å². The highest BCUT2D eigenvalue weighted by molar-refractivity contribution is 5.86. The number of rotatable bonds is 8. The van der Waals surface area contributed by atoms with E-state index in [0.29, 0.717) is 0 Å². The van der Waals surface area contributed by atoms with Crippen LogP contribution in [0.3, 0.4) is 0 Å². The molecular weight excluding hydrogens is 749 g/mol. The monoisotopic (exact) mass is 786 g/mol. The third-order valence-electron chi connectivity index (χ3n) is 11.8. The average molecular weight is 787 g/mol. The molecule has 1 aliphatic carbocycles. The molecule has 8 heteroatoms. The van der Waals surface area contributed by atoms with E-state index in [1.54, 1.807) is 12.4 Å². The van der Waals surface area contributed by atoms with Crippen LogP contribution in [0.4, 0.5) is 0 Å². The molecule has 0 radical (unpaired) electrons. The minimum Gasteiger partial charge on any atom is -0.292 e. The van der Waals surface area contributed by atoms with Crippen molar-refractivity contribution in [2.75, 3.05) is 0 Å². The normalized spacial score (nSPS) is 12.6. The SMILES string of the molecule is CC1(C)c2cc(-c3ncc(-c4ccnc(-c5cccnc5)c4)n3-c3ccccc3)ccc2-c2ccc(-c3ncc(-c4ccnc(-c5cccnc5)c4)n3-c3ccccc3)cc21. The van der Waals surface area contributed by atoms with Gasteiger partial charge in [-0.3, -0.25) is 29.1 Å². The molecule has 6 heterocycles. The highest BCUT2D eigenvalue weighted by Gasteiger charge is 2.36. The van der Waals surface area contributed by atoms with Gasteiger partial charge in [-0.15, -0.1) is 0 Å². The molecule has 0 saturated carbocycles. The Morgan fingerprint density at radius 1 is 0.377 bits per heavy atom. The second kappa shape index (κ2) is 14.6. The van der Waals surface area contributed by atoms with Gasteiger partial charge in [0.25, 0.3) is 0 Å². The smallest absolute Gasteiger partial charge is 0.144 e. The Labute approximate surface area is 353 Å². The van der Waals surface area contributed by atoms with Crippen molar-refractivity contribution in [1.29, 1.82) is 0 Å². The van der Waals surface area contributed by atoms with Gasteiger partial charge in [-0.05, 0) is 107 Å². The summed E-state index contributed by atoms with van der Waals surface area (Å²) in [5.41, 5.74) is 16.5. The van der Waals surface area contributed by atoms with Gasteiger partial charge < -0.3 is 0 Å². The molecule has 0 bridgehead atoms. The standard InChI is InChI=1S/C53H38N8/c1-53(2)45-27-37(51-58-33-49(60(51)41-13-5-3-6-14-41)35-21-25-56-47(29-35)39-11-9-23-54-31-39)17-19-43(45)44-20-18-38(28-46(44)53)52-59-34-50(61(52)42-15-7-4-8-16-42)36-22-26-57-48(30-36)40-12-10-24-55-32-40/h3-34H,1-2H3. The first-order valence-electron chi connectivity index (χ1n) is 20.3. The molecule has 6 aromatic heterocycles. The Balaban J connectivity index is 0.994. The van der Waals surface area contributed by atoms with Gasteiger partial charge in [0.2, 0.25) is 0 Å². The molecule has 61 heavy (non-hydrogen) atoms. The number of pyridine rings is 4. The summed E-state index contributed by atoms with van der Waals surface area (Å²) in [6.45, 7) is 4.65. The zero-order chi connectivity index (χ0) is 40.9. The van der Waals surface area contributed by atoms with Gasteiger partial charge in [0.1, 0.15) is 11.6 Å². The van der Waals surface area contributed by atoms with Gasteiger partial charge >= 0.3 is 0 Å².